The van der Waals surface area contributed by atoms with Crippen LogP contribution in [0.15, 0.2) is 18.2 Å². The zero-order chi connectivity index (χ0) is 15.2. The van der Waals surface area contributed by atoms with Crippen LogP contribution in [0.25, 0.3) is 0 Å². The summed E-state index contributed by atoms with van der Waals surface area (Å²) >= 11 is 0. The summed E-state index contributed by atoms with van der Waals surface area (Å²) in [6.45, 7) is 3.19. The Bertz CT molecular complexity index is 562. The number of aryl methyl sites for hydroxylation is 1. The van der Waals surface area contributed by atoms with Crippen LogP contribution in [0.1, 0.15) is 47.2 Å². The van der Waals surface area contributed by atoms with Gasteiger partial charge in [-0.2, -0.15) is 0 Å². The summed E-state index contributed by atoms with van der Waals surface area (Å²) < 4.78 is 0. The van der Waals surface area contributed by atoms with E-state index in [0.717, 1.165) is 17.7 Å². The average molecular weight is 284 g/mol. The maximum Gasteiger partial charge on any atom is 0.253 e. The lowest BCUT2D eigenvalue weighted by Crippen LogP contribution is -2.31. The normalized spacial score (nSPS) is 14.6. The summed E-state index contributed by atoms with van der Waals surface area (Å²) in [5, 5.41) is 0. The van der Waals surface area contributed by atoms with Gasteiger partial charge < -0.3 is 10.6 Å². The van der Waals surface area contributed by atoms with E-state index in [2.05, 4.69) is 11.8 Å². The van der Waals surface area contributed by atoms with E-state index in [0.29, 0.717) is 18.0 Å². The molecule has 1 fully saturated rings. The molecule has 0 radical (unpaired) electrons. The topological polar surface area (TPSA) is 46.3 Å². The lowest BCUT2D eigenvalue weighted by molar-refractivity contribution is 0.0773. The van der Waals surface area contributed by atoms with Gasteiger partial charge >= 0.3 is 0 Å². The van der Waals surface area contributed by atoms with Crippen LogP contribution in [-0.2, 0) is 0 Å². The Hall–Kier alpha value is -1.79. The molecular formula is C18H24N2O. The minimum atomic E-state index is 0.0812. The minimum Gasteiger partial charge on any atom is -0.341 e. The zero-order valence-corrected chi connectivity index (χ0v) is 13.0. The fraction of sp³-hybridized carbons (Fsp3) is 0.500. The van der Waals surface area contributed by atoms with Crippen molar-refractivity contribution in [2.75, 3.05) is 20.1 Å². The quantitative estimate of drug-likeness (QED) is 0.867. The molecule has 0 aromatic heterocycles. The van der Waals surface area contributed by atoms with E-state index >= 15 is 0 Å². The highest BCUT2D eigenvalue weighted by atomic mass is 16.2. The van der Waals surface area contributed by atoms with E-state index in [4.69, 9.17) is 5.73 Å². The van der Waals surface area contributed by atoms with Gasteiger partial charge in [-0.3, -0.25) is 4.79 Å². The molecule has 2 rings (SSSR count). The van der Waals surface area contributed by atoms with E-state index in [1.807, 2.05) is 37.1 Å². The van der Waals surface area contributed by atoms with Gasteiger partial charge in [-0.05, 0) is 43.4 Å². The van der Waals surface area contributed by atoms with Crippen LogP contribution in [0, 0.1) is 24.7 Å². The number of nitrogens with two attached hydrogens (primary N) is 1. The predicted molar refractivity (Wildman–Crippen MR) is 86.0 cm³/mol. The SMILES string of the molecule is Cc1ccc(C(=O)N(C)CC2CCCC2)cc1C#CCN. The average Bonchev–Trinajstić information content (AvgIpc) is 2.98. The van der Waals surface area contributed by atoms with Gasteiger partial charge in [-0.15, -0.1) is 0 Å². The molecule has 0 bridgehead atoms. The molecule has 3 heteroatoms. The van der Waals surface area contributed by atoms with Crippen molar-refractivity contribution in [1.82, 2.24) is 4.90 Å². The van der Waals surface area contributed by atoms with Gasteiger partial charge in [0.15, 0.2) is 0 Å². The highest BCUT2D eigenvalue weighted by Crippen LogP contribution is 2.25. The first-order valence-corrected chi connectivity index (χ1v) is 7.67. The Morgan fingerprint density at radius 2 is 2.10 bits per heavy atom. The third-order valence-electron chi connectivity index (χ3n) is 4.16. The third kappa shape index (κ3) is 4.09. The Labute approximate surface area is 127 Å². The van der Waals surface area contributed by atoms with E-state index in [9.17, 15) is 4.79 Å². The van der Waals surface area contributed by atoms with Crippen molar-refractivity contribution < 1.29 is 4.79 Å². The molecule has 1 aromatic rings. The third-order valence-corrected chi connectivity index (χ3v) is 4.16. The van der Waals surface area contributed by atoms with Crippen molar-refractivity contribution in [3.8, 4) is 11.8 Å². The number of carbonyl (C=O) groups is 1. The number of rotatable bonds is 3. The Balaban J connectivity index is 2.10. The molecule has 112 valence electrons. The van der Waals surface area contributed by atoms with Crippen LogP contribution < -0.4 is 5.73 Å². The molecule has 1 aliphatic rings. The minimum absolute atomic E-state index is 0.0812. The lowest BCUT2D eigenvalue weighted by atomic mass is 10.0. The summed E-state index contributed by atoms with van der Waals surface area (Å²) in [5.41, 5.74) is 8.09. The van der Waals surface area contributed by atoms with Crippen molar-refractivity contribution in [3.05, 3.63) is 34.9 Å². The predicted octanol–water partition coefficient (Wildman–Crippen LogP) is 2.57. The van der Waals surface area contributed by atoms with Crippen LogP contribution in [0.3, 0.4) is 0 Å². The second-order valence-electron chi connectivity index (χ2n) is 5.87. The number of hydrogen-bond acceptors (Lipinski definition) is 2. The fourth-order valence-corrected chi connectivity index (χ4v) is 2.92. The number of benzene rings is 1. The van der Waals surface area contributed by atoms with E-state index in [1.54, 1.807) is 0 Å². The van der Waals surface area contributed by atoms with Crippen molar-refractivity contribution in [2.24, 2.45) is 11.7 Å². The molecule has 0 atom stereocenters. The van der Waals surface area contributed by atoms with Crippen LogP contribution in [0.4, 0.5) is 0 Å². The molecule has 0 heterocycles. The Morgan fingerprint density at radius 1 is 1.38 bits per heavy atom. The summed E-state index contributed by atoms with van der Waals surface area (Å²) in [6.07, 6.45) is 5.10. The van der Waals surface area contributed by atoms with Crippen molar-refractivity contribution in [1.29, 1.82) is 0 Å². The summed E-state index contributed by atoms with van der Waals surface area (Å²) in [6, 6.07) is 5.72. The van der Waals surface area contributed by atoms with Gasteiger partial charge in [0.1, 0.15) is 0 Å². The maximum absolute atomic E-state index is 12.5. The van der Waals surface area contributed by atoms with E-state index in [1.165, 1.54) is 25.7 Å². The van der Waals surface area contributed by atoms with Gasteiger partial charge in [0, 0.05) is 24.7 Å². The molecule has 1 aliphatic carbocycles. The highest BCUT2D eigenvalue weighted by molar-refractivity contribution is 5.94. The molecule has 2 N–H and O–H groups in total. The molecule has 1 saturated carbocycles. The number of amides is 1. The van der Waals surface area contributed by atoms with Crippen molar-refractivity contribution in [2.45, 2.75) is 32.6 Å². The van der Waals surface area contributed by atoms with Crippen LogP contribution in [-0.4, -0.2) is 30.9 Å². The van der Waals surface area contributed by atoms with Gasteiger partial charge in [-0.1, -0.05) is 30.7 Å². The number of hydrogen-bond donors (Lipinski definition) is 1. The molecule has 0 unspecified atom stereocenters. The molecule has 21 heavy (non-hydrogen) atoms. The van der Waals surface area contributed by atoms with Gasteiger partial charge in [0.2, 0.25) is 0 Å². The van der Waals surface area contributed by atoms with E-state index in [-0.39, 0.29) is 5.91 Å². The first kappa shape index (κ1) is 15.6. The summed E-state index contributed by atoms with van der Waals surface area (Å²) in [4.78, 5) is 14.4. The van der Waals surface area contributed by atoms with Crippen LogP contribution in [0.5, 0.6) is 0 Å². The smallest absolute Gasteiger partial charge is 0.253 e. The first-order chi connectivity index (χ1) is 10.1. The monoisotopic (exact) mass is 284 g/mol. The summed E-state index contributed by atoms with van der Waals surface area (Å²) in [5.74, 6) is 6.64. The lowest BCUT2D eigenvalue weighted by Gasteiger charge is -2.21. The molecule has 1 amide bonds. The van der Waals surface area contributed by atoms with Crippen LogP contribution in [0.2, 0.25) is 0 Å². The van der Waals surface area contributed by atoms with Gasteiger partial charge in [0.05, 0.1) is 6.54 Å². The van der Waals surface area contributed by atoms with Crippen LogP contribution >= 0.6 is 0 Å². The first-order valence-electron chi connectivity index (χ1n) is 7.67. The largest absolute Gasteiger partial charge is 0.341 e. The second-order valence-corrected chi connectivity index (χ2v) is 5.87. The van der Waals surface area contributed by atoms with Crippen molar-refractivity contribution in [3.63, 3.8) is 0 Å². The van der Waals surface area contributed by atoms with Crippen molar-refractivity contribution >= 4 is 5.91 Å². The number of carbonyl (C=O) groups excluding carboxylic acids is 1. The molecular weight excluding hydrogens is 260 g/mol. The molecule has 0 saturated heterocycles. The molecule has 1 aromatic carbocycles. The van der Waals surface area contributed by atoms with Gasteiger partial charge in [0.25, 0.3) is 5.91 Å². The highest BCUT2D eigenvalue weighted by Gasteiger charge is 2.20. The Morgan fingerprint density at radius 3 is 2.76 bits per heavy atom. The molecule has 0 aliphatic heterocycles. The fourth-order valence-electron chi connectivity index (χ4n) is 2.92. The molecule has 0 spiro atoms. The second kappa shape index (κ2) is 7.28. The van der Waals surface area contributed by atoms with E-state index < -0.39 is 0 Å². The Kier molecular flexibility index (Phi) is 5.41. The maximum atomic E-state index is 12.5. The molecule has 3 nitrogen and oxygen atoms in total. The zero-order valence-electron chi connectivity index (χ0n) is 13.0. The van der Waals surface area contributed by atoms with Gasteiger partial charge in [-0.25, -0.2) is 0 Å². The standard InChI is InChI=1S/C18H24N2O/c1-14-9-10-17(12-16(14)8-5-11-19)18(21)20(2)13-15-6-3-4-7-15/h9-10,12,15H,3-4,6-7,11,13,19H2,1-2H3. The number of nitrogens with zero attached hydrogens (tertiary/aromatic N) is 1. The summed E-state index contributed by atoms with van der Waals surface area (Å²) in [7, 11) is 1.89.